The lowest BCUT2D eigenvalue weighted by atomic mass is 9.87. The zero-order valence-corrected chi connectivity index (χ0v) is 14.7. The number of aromatic nitrogens is 2. The number of carbonyl (C=O) groups is 1. The lowest BCUT2D eigenvalue weighted by Gasteiger charge is -2.39. The summed E-state index contributed by atoms with van der Waals surface area (Å²) in [5, 5.41) is 16.2. The van der Waals surface area contributed by atoms with E-state index in [-0.39, 0.29) is 11.9 Å². The van der Waals surface area contributed by atoms with Crippen LogP contribution in [-0.4, -0.2) is 45.0 Å². The molecule has 128 valence electrons. The SMILES string of the molecule is Cc1ccc(C2(O)CCN([C@H](C)C(=O)Nc3nccs3)CC2)nc1. The summed E-state index contributed by atoms with van der Waals surface area (Å²) in [5.74, 6) is -0.0659. The lowest BCUT2D eigenvalue weighted by molar-refractivity contribution is -0.123. The molecule has 0 saturated carbocycles. The van der Waals surface area contributed by atoms with E-state index in [0.29, 0.717) is 36.8 Å². The number of hydrogen-bond acceptors (Lipinski definition) is 6. The third-order valence-electron chi connectivity index (χ3n) is 4.60. The molecule has 6 nitrogen and oxygen atoms in total. The van der Waals surface area contributed by atoms with Crippen LogP contribution in [0.1, 0.15) is 31.0 Å². The Morgan fingerprint density at radius 3 is 2.71 bits per heavy atom. The number of thiazole rings is 1. The van der Waals surface area contributed by atoms with Crippen molar-refractivity contribution in [3.63, 3.8) is 0 Å². The van der Waals surface area contributed by atoms with Crippen molar-refractivity contribution >= 4 is 22.4 Å². The van der Waals surface area contributed by atoms with Gasteiger partial charge in [0.1, 0.15) is 5.60 Å². The van der Waals surface area contributed by atoms with Crippen molar-refractivity contribution in [1.29, 1.82) is 0 Å². The van der Waals surface area contributed by atoms with E-state index in [1.807, 2.05) is 31.4 Å². The number of rotatable bonds is 4. The van der Waals surface area contributed by atoms with Crippen molar-refractivity contribution in [2.24, 2.45) is 0 Å². The molecule has 1 fully saturated rings. The van der Waals surface area contributed by atoms with Gasteiger partial charge in [-0.15, -0.1) is 11.3 Å². The topological polar surface area (TPSA) is 78.4 Å². The van der Waals surface area contributed by atoms with E-state index in [4.69, 9.17) is 0 Å². The summed E-state index contributed by atoms with van der Waals surface area (Å²) in [6.07, 6.45) is 4.58. The Balaban J connectivity index is 1.59. The maximum absolute atomic E-state index is 12.3. The molecular formula is C17H22N4O2S. The minimum Gasteiger partial charge on any atom is -0.383 e. The highest BCUT2D eigenvalue weighted by atomic mass is 32.1. The Bertz CT molecular complexity index is 679. The van der Waals surface area contributed by atoms with E-state index >= 15 is 0 Å². The second-order valence-corrected chi connectivity index (χ2v) is 7.19. The quantitative estimate of drug-likeness (QED) is 0.887. The Morgan fingerprint density at radius 2 is 2.12 bits per heavy atom. The molecule has 0 bridgehead atoms. The Labute approximate surface area is 145 Å². The Hall–Kier alpha value is -1.83. The molecule has 7 heteroatoms. The lowest BCUT2D eigenvalue weighted by Crippen LogP contribution is -2.50. The Morgan fingerprint density at radius 1 is 1.38 bits per heavy atom. The predicted octanol–water partition coefficient (Wildman–Crippen LogP) is 2.16. The van der Waals surface area contributed by atoms with Gasteiger partial charge in [0.2, 0.25) is 5.91 Å². The summed E-state index contributed by atoms with van der Waals surface area (Å²) >= 11 is 1.40. The predicted molar refractivity (Wildman–Crippen MR) is 93.9 cm³/mol. The molecule has 2 N–H and O–H groups in total. The van der Waals surface area contributed by atoms with Crippen molar-refractivity contribution in [1.82, 2.24) is 14.9 Å². The molecule has 24 heavy (non-hydrogen) atoms. The normalized spacial score (nSPS) is 19.0. The molecule has 1 atom stereocenters. The molecule has 1 aliphatic heterocycles. The van der Waals surface area contributed by atoms with Gasteiger partial charge >= 0.3 is 0 Å². The van der Waals surface area contributed by atoms with Crippen LogP contribution in [0.5, 0.6) is 0 Å². The van der Waals surface area contributed by atoms with Crippen LogP contribution in [0.25, 0.3) is 0 Å². The summed E-state index contributed by atoms with van der Waals surface area (Å²) in [5.41, 5.74) is 0.885. The molecule has 2 aromatic rings. The van der Waals surface area contributed by atoms with E-state index < -0.39 is 5.60 Å². The first-order valence-electron chi connectivity index (χ1n) is 8.08. The number of likely N-dealkylation sites (tertiary alicyclic amines) is 1. The maximum atomic E-state index is 12.3. The van der Waals surface area contributed by atoms with Gasteiger partial charge in [0, 0.05) is 30.9 Å². The molecule has 3 heterocycles. The summed E-state index contributed by atoms with van der Waals surface area (Å²) in [4.78, 5) is 22.9. The zero-order chi connectivity index (χ0) is 17.2. The van der Waals surface area contributed by atoms with Gasteiger partial charge in [0.15, 0.2) is 5.13 Å². The molecule has 0 spiro atoms. The van der Waals surface area contributed by atoms with Gasteiger partial charge in [-0.25, -0.2) is 4.98 Å². The van der Waals surface area contributed by atoms with Gasteiger partial charge in [0.25, 0.3) is 0 Å². The number of anilines is 1. The molecule has 1 amide bonds. The molecule has 0 unspecified atom stereocenters. The van der Waals surface area contributed by atoms with E-state index in [9.17, 15) is 9.90 Å². The van der Waals surface area contributed by atoms with Crippen molar-refractivity contribution in [3.8, 4) is 0 Å². The first-order valence-corrected chi connectivity index (χ1v) is 8.96. The number of amides is 1. The molecule has 0 radical (unpaired) electrons. The monoisotopic (exact) mass is 346 g/mol. The van der Waals surface area contributed by atoms with Gasteiger partial charge in [-0.05, 0) is 38.3 Å². The van der Waals surface area contributed by atoms with E-state index in [1.165, 1.54) is 11.3 Å². The number of aliphatic hydroxyl groups is 1. The van der Waals surface area contributed by atoms with Crippen LogP contribution in [0.3, 0.4) is 0 Å². The van der Waals surface area contributed by atoms with Crippen LogP contribution in [0.2, 0.25) is 0 Å². The van der Waals surface area contributed by atoms with Crippen molar-refractivity contribution in [2.75, 3.05) is 18.4 Å². The largest absolute Gasteiger partial charge is 0.383 e. The van der Waals surface area contributed by atoms with Crippen LogP contribution >= 0.6 is 11.3 Å². The van der Waals surface area contributed by atoms with Gasteiger partial charge < -0.3 is 10.4 Å². The second kappa shape index (κ2) is 6.96. The van der Waals surface area contributed by atoms with Crippen LogP contribution < -0.4 is 5.32 Å². The minimum absolute atomic E-state index is 0.0659. The van der Waals surface area contributed by atoms with Gasteiger partial charge in [0.05, 0.1) is 11.7 Å². The highest BCUT2D eigenvalue weighted by Gasteiger charge is 2.37. The fourth-order valence-electron chi connectivity index (χ4n) is 2.94. The standard InChI is InChI=1S/C17H22N4O2S/c1-12-3-4-14(19-11-12)17(23)5-8-21(9-6-17)13(2)15(22)20-16-18-7-10-24-16/h3-4,7,10-11,13,23H,5-6,8-9H2,1-2H3,(H,18,20,22)/t13-/m1/s1. The first kappa shape index (κ1) is 17.0. The molecule has 2 aromatic heterocycles. The van der Waals surface area contributed by atoms with Crippen LogP contribution in [0, 0.1) is 6.92 Å². The molecule has 1 aliphatic rings. The van der Waals surface area contributed by atoms with Crippen LogP contribution in [0.15, 0.2) is 29.9 Å². The third-order valence-corrected chi connectivity index (χ3v) is 5.29. The molecule has 3 rings (SSSR count). The highest BCUT2D eigenvalue weighted by molar-refractivity contribution is 7.13. The summed E-state index contributed by atoms with van der Waals surface area (Å²) in [6.45, 7) is 5.17. The summed E-state index contributed by atoms with van der Waals surface area (Å²) in [7, 11) is 0. The number of hydrogen-bond donors (Lipinski definition) is 2. The zero-order valence-electron chi connectivity index (χ0n) is 13.9. The molecule has 0 aliphatic carbocycles. The van der Waals surface area contributed by atoms with Crippen LogP contribution in [0.4, 0.5) is 5.13 Å². The number of pyridine rings is 1. The number of carbonyl (C=O) groups excluding carboxylic acids is 1. The fourth-order valence-corrected chi connectivity index (χ4v) is 3.47. The van der Waals surface area contributed by atoms with Crippen molar-refractivity contribution < 1.29 is 9.90 Å². The Kier molecular flexibility index (Phi) is 4.93. The number of nitrogens with zero attached hydrogens (tertiary/aromatic N) is 3. The third kappa shape index (κ3) is 3.63. The summed E-state index contributed by atoms with van der Waals surface area (Å²) in [6, 6.07) is 3.60. The minimum atomic E-state index is -0.907. The van der Waals surface area contributed by atoms with Gasteiger partial charge in [-0.3, -0.25) is 14.7 Å². The average Bonchev–Trinajstić information content (AvgIpc) is 3.08. The van der Waals surface area contributed by atoms with Crippen molar-refractivity contribution in [3.05, 3.63) is 41.2 Å². The second-order valence-electron chi connectivity index (χ2n) is 6.29. The fraction of sp³-hybridized carbons (Fsp3) is 0.471. The van der Waals surface area contributed by atoms with E-state index in [2.05, 4.69) is 20.2 Å². The van der Waals surface area contributed by atoms with Crippen LogP contribution in [-0.2, 0) is 10.4 Å². The number of piperidine rings is 1. The van der Waals surface area contributed by atoms with Gasteiger partial charge in [-0.2, -0.15) is 0 Å². The maximum Gasteiger partial charge on any atom is 0.243 e. The van der Waals surface area contributed by atoms with E-state index in [1.54, 1.807) is 12.4 Å². The van der Waals surface area contributed by atoms with Gasteiger partial charge in [-0.1, -0.05) is 6.07 Å². The first-order chi connectivity index (χ1) is 11.5. The molecule has 0 aromatic carbocycles. The van der Waals surface area contributed by atoms with Crippen molar-refractivity contribution in [2.45, 2.75) is 38.3 Å². The molecule has 1 saturated heterocycles. The smallest absolute Gasteiger partial charge is 0.243 e. The number of aryl methyl sites for hydroxylation is 1. The summed E-state index contributed by atoms with van der Waals surface area (Å²) < 4.78 is 0. The molecular weight excluding hydrogens is 324 g/mol. The number of nitrogens with one attached hydrogen (secondary N) is 1. The highest BCUT2D eigenvalue weighted by Crippen LogP contribution is 2.32. The van der Waals surface area contributed by atoms with E-state index in [0.717, 1.165) is 5.56 Å². The average molecular weight is 346 g/mol.